The molecule has 0 amide bonds. The van der Waals surface area contributed by atoms with Gasteiger partial charge in [-0.25, -0.2) is 0 Å². The van der Waals surface area contributed by atoms with Gasteiger partial charge >= 0.3 is 0 Å². The number of fused-ring (bicyclic) bond motifs is 6. The van der Waals surface area contributed by atoms with E-state index in [-0.39, 0.29) is 29.7 Å². The molecule has 0 spiro atoms. The van der Waals surface area contributed by atoms with E-state index >= 15 is 0 Å². The Labute approximate surface area is 291 Å². The molecule has 0 bridgehead atoms. The lowest BCUT2D eigenvalue weighted by Crippen LogP contribution is -1.92. The second-order valence-corrected chi connectivity index (χ2v) is 12.5. The largest absolute Gasteiger partial charge is 0.456 e. The highest BCUT2D eigenvalue weighted by atomic mass is 16.3. The van der Waals surface area contributed by atoms with Gasteiger partial charge in [0.25, 0.3) is 0 Å². The van der Waals surface area contributed by atoms with Gasteiger partial charge in [0.05, 0.1) is 6.85 Å². The Kier molecular flexibility index (Phi) is 5.20. The van der Waals surface area contributed by atoms with E-state index in [0.29, 0.717) is 5.56 Å². The normalized spacial score (nSPS) is 13.1. The van der Waals surface area contributed by atoms with Crippen LogP contribution in [0.2, 0.25) is 0 Å². The van der Waals surface area contributed by atoms with E-state index in [9.17, 15) is 0 Å². The number of rotatable bonds is 4. The summed E-state index contributed by atoms with van der Waals surface area (Å²) in [6.45, 7) is 0. The second kappa shape index (κ2) is 11.1. The lowest BCUT2D eigenvalue weighted by Gasteiger charge is -2.19. The Morgan fingerprint density at radius 1 is 0.367 bits per heavy atom. The molecule has 1 nitrogen and oxygen atoms in total. The van der Waals surface area contributed by atoms with E-state index in [4.69, 9.17) is 11.3 Å². The maximum atomic E-state index is 8.88. The lowest BCUT2D eigenvalue weighted by atomic mass is 9.83. The van der Waals surface area contributed by atoms with E-state index in [1.54, 1.807) is 0 Å². The van der Waals surface area contributed by atoms with Crippen LogP contribution in [0.15, 0.2) is 186 Å². The Balaban J connectivity index is 1.31. The van der Waals surface area contributed by atoms with E-state index < -0.39 is 6.04 Å². The van der Waals surface area contributed by atoms with Crippen LogP contribution in [0.1, 0.15) is 6.85 Å². The molecule has 228 valence electrons. The third-order valence-electron chi connectivity index (χ3n) is 9.68. The molecule has 49 heavy (non-hydrogen) atoms. The molecular formula is C48H30O. The molecule has 1 heteroatoms. The first-order valence-corrected chi connectivity index (χ1v) is 16.4. The summed E-state index contributed by atoms with van der Waals surface area (Å²) in [5, 5.41) is 8.64. The maximum absolute atomic E-state index is 8.88. The first-order chi connectivity index (χ1) is 26.4. The minimum atomic E-state index is -0.408. The molecule has 0 unspecified atom stereocenters. The standard InChI is InChI=1S/C48H30O/c1-3-14-31(15-4-1)35-26-36(32-16-5-2-6-17-32)28-37(27-35)46-38-20-9-11-22-40(38)47(41-23-12-10-21-39(41)46)42-24-13-25-44-48(42)43-29-33-18-7-8-19-34(33)30-45(43)49-44/h1-30H/i1D,3D,4D,14D,15D. The van der Waals surface area contributed by atoms with Crippen molar-refractivity contribution in [1.82, 2.24) is 0 Å². The summed E-state index contributed by atoms with van der Waals surface area (Å²) in [4.78, 5) is 0. The van der Waals surface area contributed by atoms with Crippen molar-refractivity contribution < 1.29 is 11.3 Å². The van der Waals surface area contributed by atoms with E-state index in [0.717, 1.165) is 87.6 Å². The van der Waals surface area contributed by atoms with Crippen LogP contribution in [-0.4, -0.2) is 0 Å². The Bertz CT molecular complexity index is 3080. The van der Waals surface area contributed by atoms with Gasteiger partial charge in [0.1, 0.15) is 11.2 Å². The van der Waals surface area contributed by atoms with Crippen LogP contribution in [0.4, 0.5) is 0 Å². The zero-order valence-electron chi connectivity index (χ0n) is 31.3. The minimum Gasteiger partial charge on any atom is -0.456 e. The summed E-state index contributed by atoms with van der Waals surface area (Å²) in [5.74, 6) is 0. The van der Waals surface area contributed by atoms with Crippen molar-refractivity contribution in [3.63, 3.8) is 0 Å². The molecule has 0 aliphatic heterocycles. The number of hydrogen-bond donors (Lipinski definition) is 0. The molecule has 0 radical (unpaired) electrons. The fourth-order valence-electron chi connectivity index (χ4n) is 7.56. The maximum Gasteiger partial charge on any atom is 0.136 e. The number of hydrogen-bond acceptors (Lipinski definition) is 1. The summed E-state index contributed by atoms with van der Waals surface area (Å²) >= 11 is 0. The highest BCUT2D eigenvalue weighted by molar-refractivity contribution is 6.26. The SMILES string of the molecule is [2H]c1c([2H])c([2H])c(-c2cc(-c3ccccc3)cc(-c3c4ccccc4c(-c4cccc5oc6cc7ccccc7cc6c45)c4ccccc34)c2)c([2H])c1[2H]. The fraction of sp³-hybridized carbons (Fsp3) is 0. The molecule has 0 atom stereocenters. The quantitative estimate of drug-likeness (QED) is 0.177. The molecule has 1 aromatic heterocycles. The highest BCUT2D eigenvalue weighted by Crippen LogP contribution is 2.48. The molecule has 0 aliphatic carbocycles. The number of furan rings is 1. The van der Waals surface area contributed by atoms with Gasteiger partial charge in [-0.05, 0) is 113 Å². The molecule has 10 rings (SSSR count). The van der Waals surface area contributed by atoms with Gasteiger partial charge in [0.15, 0.2) is 0 Å². The monoisotopic (exact) mass is 627 g/mol. The lowest BCUT2D eigenvalue weighted by molar-refractivity contribution is 0.669. The van der Waals surface area contributed by atoms with Gasteiger partial charge in [-0.1, -0.05) is 145 Å². The fourth-order valence-corrected chi connectivity index (χ4v) is 7.56. The van der Waals surface area contributed by atoms with Crippen molar-refractivity contribution in [2.75, 3.05) is 0 Å². The summed E-state index contributed by atoms with van der Waals surface area (Å²) in [6.07, 6.45) is 0. The Morgan fingerprint density at radius 2 is 0.939 bits per heavy atom. The average Bonchev–Trinajstić information content (AvgIpc) is 3.58. The van der Waals surface area contributed by atoms with Crippen LogP contribution in [0.3, 0.4) is 0 Å². The van der Waals surface area contributed by atoms with Gasteiger partial charge in [-0.2, -0.15) is 0 Å². The summed E-state index contributed by atoms with van der Waals surface area (Å²) in [5.41, 5.74) is 8.34. The van der Waals surface area contributed by atoms with Crippen LogP contribution in [-0.2, 0) is 0 Å². The van der Waals surface area contributed by atoms with Crippen molar-refractivity contribution in [2.24, 2.45) is 0 Å². The van der Waals surface area contributed by atoms with Crippen molar-refractivity contribution >= 4 is 54.3 Å². The third-order valence-corrected chi connectivity index (χ3v) is 9.68. The van der Waals surface area contributed by atoms with Crippen molar-refractivity contribution in [1.29, 1.82) is 0 Å². The molecule has 1 heterocycles. The summed E-state index contributed by atoms with van der Waals surface area (Å²) in [7, 11) is 0. The van der Waals surface area contributed by atoms with Crippen LogP contribution in [0.5, 0.6) is 0 Å². The van der Waals surface area contributed by atoms with Crippen LogP contribution in [0, 0.1) is 0 Å². The molecule has 0 N–H and O–H groups in total. The first kappa shape index (κ1) is 23.0. The zero-order chi connectivity index (χ0) is 36.7. The first-order valence-electron chi connectivity index (χ1n) is 18.9. The van der Waals surface area contributed by atoms with Crippen molar-refractivity contribution in [2.45, 2.75) is 0 Å². The smallest absolute Gasteiger partial charge is 0.136 e. The highest BCUT2D eigenvalue weighted by Gasteiger charge is 2.21. The van der Waals surface area contributed by atoms with Gasteiger partial charge in [0, 0.05) is 10.8 Å². The molecule has 10 aromatic rings. The topological polar surface area (TPSA) is 13.1 Å². The molecule has 0 saturated heterocycles. The van der Waals surface area contributed by atoms with Gasteiger partial charge in [0.2, 0.25) is 0 Å². The van der Waals surface area contributed by atoms with E-state index in [1.165, 1.54) is 0 Å². The third kappa shape index (κ3) is 4.47. The molecule has 9 aromatic carbocycles. The molecule has 0 fully saturated rings. The van der Waals surface area contributed by atoms with E-state index in [1.807, 2.05) is 54.6 Å². The van der Waals surface area contributed by atoms with Crippen molar-refractivity contribution in [3.05, 3.63) is 182 Å². The number of benzene rings is 9. The van der Waals surface area contributed by atoms with Gasteiger partial charge in [-0.15, -0.1) is 0 Å². The zero-order valence-corrected chi connectivity index (χ0v) is 26.3. The predicted octanol–water partition coefficient (Wildman–Crippen LogP) is 13.7. The molecule has 0 saturated carbocycles. The molecular weight excluding hydrogens is 593 g/mol. The van der Waals surface area contributed by atoms with Crippen LogP contribution in [0.25, 0.3) is 98.8 Å². The Morgan fingerprint density at radius 3 is 1.63 bits per heavy atom. The van der Waals surface area contributed by atoms with Crippen LogP contribution < -0.4 is 0 Å². The summed E-state index contributed by atoms with van der Waals surface area (Å²) in [6, 6.07) is 50.4. The minimum absolute atomic E-state index is 0.177. The van der Waals surface area contributed by atoms with E-state index in [2.05, 4.69) is 97.1 Å². The Hall–Kier alpha value is -6.44. The van der Waals surface area contributed by atoms with Gasteiger partial charge in [-0.3, -0.25) is 0 Å². The van der Waals surface area contributed by atoms with Crippen LogP contribution >= 0.6 is 0 Å². The molecule has 0 aliphatic rings. The van der Waals surface area contributed by atoms with Gasteiger partial charge < -0.3 is 4.42 Å². The average molecular weight is 628 g/mol. The second-order valence-electron chi connectivity index (χ2n) is 12.5. The summed E-state index contributed by atoms with van der Waals surface area (Å²) < 4.78 is 49.5. The van der Waals surface area contributed by atoms with Crippen molar-refractivity contribution in [3.8, 4) is 44.5 Å². The predicted molar refractivity (Wildman–Crippen MR) is 208 cm³/mol.